The number of ketones is 1. The third-order valence-electron chi connectivity index (χ3n) is 4.06. The second-order valence-corrected chi connectivity index (χ2v) is 5.85. The van der Waals surface area contributed by atoms with Gasteiger partial charge in [0.1, 0.15) is 11.1 Å². The average molecular weight is 405 g/mol. The van der Waals surface area contributed by atoms with E-state index in [9.17, 15) is 22.4 Å². The van der Waals surface area contributed by atoms with Crippen LogP contribution in [0.2, 0.25) is 0 Å². The fourth-order valence-electron chi connectivity index (χ4n) is 2.74. The molecule has 10 heteroatoms. The minimum Gasteiger partial charge on any atom is -0.477 e. The lowest BCUT2D eigenvalue weighted by Gasteiger charge is -2.08. The lowest BCUT2D eigenvalue weighted by molar-refractivity contribution is 0.102. The Morgan fingerprint density at radius 2 is 1.86 bits per heavy atom. The summed E-state index contributed by atoms with van der Waals surface area (Å²) in [6.45, 7) is 1.70. The van der Waals surface area contributed by atoms with Gasteiger partial charge < -0.3 is 9.15 Å². The number of benzene rings is 2. The average Bonchev–Trinajstić information content (AvgIpc) is 3.32. The lowest BCUT2D eigenvalue weighted by Crippen LogP contribution is -2.11. The summed E-state index contributed by atoms with van der Waals surface area (Å²) >= 11 is 0. The molecule has 0 aliphatic heterocycles. The molecule has 0 spiro atoms. The van der Waals surface area contributed by atoms with Crippen molar-refractivity contribution in [2.75, 3.05) is 6.61 Å². The number of aromatic nitrogens is 3. The summed E-state index contributed by atoms with van der Waals surface area (Å²) in [7, 11) is 0. The predicted molar refractivity (Wildman–Crippen MR) is 92.0 cm³/mol. The molecule has 0 N–H and O–H groups in total. The zero-order chi connectivity index (χ0) is 20.7. The summed E-state index contributed by atoms with van der Waals surface area (Å²) in [5, 5.41) is 3.97. The second-order valence-electron chi connectivity index (χ2n) is 5.85. The minimum absolute atomic E-state index is 0.0364. The Bertz CT molecular complexity index is 1220. The van der Waals surface area contributed by atoms with Crippen LogP contribution < -0.4 is 4.74 Å². The van der Waals surface area contributed by atoms with E-state index in [-0.39, 0.29) is 30.1 Å². The highest BCUT2D eigenvalue weighted by atomic mass is 19.2. The smallest absolute Gasteiger partial charge is 0.327 e. The molecule has 29 heavy (non-hydrogen) atoms. The fourth-order valence-corrected chi connectivity index (χ4v) is 2.74. The summed E-state index contributed by atoms with van der Waals surface area (Å²) in [6, 6.07) is 7.09. The molecule has 4 aromatic rings. The number of para-hydroxylation sites is 2. The number of hydrogen-bond donors (Lipinski definition) is 0. The topological polar surface area (TPSA) is 70.2 Å². The van der Waals surface area contributed by atoms with Crippen molar-refractivity contribution in [1.82, 2.24) is 14.8 Å². The van der Waals surface area contributed by atoms with Crippen molar-refractivity contribution in [3.8, 4) is 11.9 Å². The molecular formula is C19H11F4N3O3. The fraction of sp³-hybridized carbons (Fsp3) is 0.105. The molecule has 0 bridgehead atoms. The standard InChI is InChI=1S/C19H11F4N3O3/c1-2-28-18-10(17(27)9-7-11(20)15(22)16(23)14(9)21)8-24-26(18)19-25-12-5-3-4-6-13(12)29-19/h3-8H,2H2,1H3. The lowest BCUT2D eigenvalue weighted by atomic mass is 10.0. The van der Waals surface area contributed by atoms with Crippen LogP contribution in [-0.2, 0) is 0 Å². The van der Waals surface area contributed by atoms with Gasteiger partial charge in [-0.1, -0.05) is 12.1 Å². The van der Waals surface area contributed by atoms with Gasteiger partial charge in [-0.3, -0.25) is 4.79 Å². The molecule has 0 saturated heterocycles. The van der Waals surface area contributed by atoms with E-state index in [1.54, 1.807) is 31.2 Å². The number of rotatable bonds is 5. The first kappa shape index (κ1) is 18.7. The molecule has 6 nitrogen and oxygen atoms in total. The van der Waals surface area contributed by atoms with Crippen LogP contribution >= 0.6 is 0 Å². The van der Waals surface area contributed by atoms with Crippen LogP contribution in [0.1, 0.15) is 22.8 Å². The van der Waals surface area contributed by atoms with Crippen molar-refractivity contribution in [1.29, 1.82) is 0 Å². The maximum absolute atomic E-state index is 14.1. The molecule has 0 unspecified atom stereocenters. The Kier molecular flexibility index (Phi) is 4.53. The molecular weight excluding hydrogens is 394 g/mol. The van der Waals surface area contributed by atoms with Crippen LogP contribution in [0.15, 0.2) is 40.9 Å². The Balaban J connectivity index is 1.84. The minimum atomic E-state index is -2.09. The molecule has 2 aromatic carbocycles. The van der Waals surface area contributed by atoms with Crippen LogP contribution in [-0.4, -0.2) is 27.2 Å². The first-order chi connectivity index (χ1) is 13.9. The molecule has 0 radical (unpaired) electrons. The number of fused-ring (bicyclic) bond motifs is 1. The van der Waals surface area contributed by atoms with Gasteiger partial charge in [0.15, 0.2) is 28.9 Å². The maximum Gasteiger partial charge on any atom is 0.327 e. The monoisotopic (exact) mass is 405 g/mol. The molecule has 0 fully saturated rings. The van der Waals surface area contributed by atoms with Gasteiger partial charge in [0.25, 0.3) is 0 Å². The van der Waals surface area contributed by atoms with Gasteiger partial charge >= 0.3 is 6.01 Å². The van der Waals surface area contributed by atoms with Gasteiger partial charge in [-0.25, -0.2) is 17.6 Å². The number of carbonyl (C=O) groups is 1. The number of hydrogen-bond acceptors (Lipinski definition) is 5. The summed E-state index contributed by atoms with van der Waals surface area (Å²) < 4.78 is 66.4. The van der Waals surface area contributed by atoms with E-state index >= 15 is 0 Å². The molecule has 0 atom stereocenters. The van der Waals surface area contributed by atoms with Gasteiger partial charge in [-0.2, -0.15) is 10.1 Å². The molecule has 2 heterocycles. The molecule has 0 aliphatic carbocycles. The molecule has 0 aliphatic rings. The van der Waals surface area contributed by atoms with E-state index in [0.29, 0.717) is 11.1 Å². The zero-order valence-electron chi connectivity index (χ0n) is 14.7. The Morgan fingerprint density at radius 3 is 2.59 bits per heavy atom. The van der Waals surface area contributed by atoms with Crippen molar-refractivity contribution in [2.45, 2.75) is 6.92 Å². The third kappa shape index (κ3) is 3.02. The van der Waals surface area contributed by atoms with Crippen LogP contribution in [0.5, 0.6) is 5.88 Å². The summed E-state index contributed by atoms with van der Waals surface area (Å²) in [4.78, 5) is 16.9. The predicted octanol–water partition coefficient (Wildman–Crippen LogP) is 4.20. The highest BCUT2D eigenvalue weighted by Gasteiger charge is 2.29. The van der Waals surface area contributed by atoms with Crippen molar-refractivity contribution in [3.63, 3.8) is 0 Å². The summed E-state index contributed by atoms with van der Waals surface area (Å²) in [6.07, 6.45) is 1.01. The Labute approximate surface area is 160 Å². The van der Waals surface area contributed by atoms with Crippen LogP contribution in [0.25, 0.3) is 17.1 Å². The van der Waals surface area contributed by atoms with E-state index in [1.165, 1.54) is 0 Å². The number of halogens is 4. The quantitative estimate of drug-likeness (QED) is 0.215. The van der Waals surface area contributed by atoms with Gasteiger partial charge in [0.05, 0.1) is 18.4 Å². The van der Waals surface area contributed by atoms with E-state index in [1.807, 2.05) is 0 Å². The largest absolute Gasteiger partial charge is 0.477 e. The van der Waals surface area contributed by atoms with Gasteiger partial charge in [-0.05, 0) is 25.1 Å². The number of oxazole rings is 1. The molecule has 4 rings (SSSR count). The number of carbonyl (C=O) groups excluding carboxylic acids is 1. The number of ether oxygens (including phenoxy) is 1. The van der Waals surface area contributed by atoms with E-state index in [4.69, 9.17) is 9.15 Å². The van der Waals surface area contributed by atoms with Crippen molar-refractivity contribution < 1.29 is 31.5 Å². The third-order valence-corrected chi connectivity index (χ3v) is 4.06. The van der Waals surface area contributed by atoms with Gasteiger partial charge in [0.2, 0.25) is 11.7 Å². The normalized spacial score (nSPS) is 11.2. The molecule has 0 saturated carbocycles. The summed E-state index contributed by atoms with van der Waals surface area (Å²) in [5.41, 5.74) is -0.345. The van der Waals surface area contributed by atoms with Crippen molar-refractivity contribution in [2.24, 2.45) is 0 Å². The number of nitrogens with zero attached hydrogens (tertiary/aromatic N) is 3. The molecule has 0 amide bonds. The van der Waals surface area contributed by atoms with Gasteiger partial charge in [0, 0.05) is 0 Å². The first-order valence-corrected chi connectivity index (χ1v) is 8.36. The van der Waals surface area contributed by atoms with Crippen LogP contribution in [0, 0.1) is 23.3 Å². The SMILES string of the molecule is CCOc1c(C(=O)c2cc(F)c(F)c(F)c2F)cnn1-c1nc2ccccc2o1. The highest BCUT2D eigenvalue weighted by Crippen LogP contribution is 2.29. The van der Waals surface area contributed by atoms with Crippen LogP contribution in [0.4, 0.5) is 17.6 Å². The summed E-state index contributed by atoms with van der Waals surface area (Å²) in [5.74, 6) is -8.92. The van der Waals surface area contributed by atoms with Crippen LogP contribution in [0.3, 0.4) is 0 Å². The Hall–Kier alpha value is -3.69. The van der Waals surface area contributed by atoms with E-state index < -0.39 is 34.6 Å². The first-order valence-electron chi connectivity index (χ1n) is 8.36. The van der Waals surface area contributed by atoms with Crippen molar-refractivity contribution in [3.05, 3.63) is 70.9 Å². The zero-order valence-corrected chi connectivity index (χ0v) is 14.7. The van der Waals surface area contributed by atoms with Gasteiger partial charge in [-0.15, -0.1) is 4.68 Å². The van der Waals surface area contributed by atoms with E-state index in [2.05, 4.69) is 10.1 Å². The van der Waals surface area contributed by atoms with Crippen molar-refractivity contribution >= 4 is 16.9 Å². The second kappa shape index (κ2) is 7.04. The molecule has 148 valence electrons. The maximum atomic E-state index is 14.1. The highest BCUT2D eigenvalue weighted by molar-refractivity contribution is 6.10. The molecule has 2 aromatic heterocycles. The Morgan fingerprint density at radius 1 is 1.10 bits per heavy atom. The van der Waals surface area contributed by atoms with E-state index in [0.717, 1.165) is 10.9 Å².